The molecule has 2 aromatic rings. The Balaban J connectivity index is 2.20. The molecule has 1 heterocycles. The average Bonchev–Trinajstić information content (AvgIpc) is 2.29. The molecule has 0 aliphatic rings. The first-order valence-electron chi connectivity index (χ1n) is 4.89. The molecule has 3 heteroatoms. The monoisotopic (exact) mass is 214 g/mol. The summed E-state index contributed by atoms with van der Waals surface area (Å²) >= 11 is 0. The summed E-state index contributed by atoms with van der Waals surface area (Å²) in [6, 6.07) is 12.8. The molecule has 1 radical (unpaired) electrons. The van der Waals surface area contributed by atoms with Crippen molar-refractivity contribution in [2.45, 2.75) is 0 Å². The Morgan fingerprint density at radius 1 is 1.06 bits per heavy atom. The highest BCUT2D eigenvalue weighted by Gasteiger charge is 2.00. The largest absolute Gasteiger partial charge is 0.497 e. The van der Waals surface area contributed by atoms with E-state index in [0.29, 0.717) is 17.3 Å². The molecule has 0 unspecified atom stereocenters. The van der Waals surface area contributed by atoms with Crippen molar-refractivity contribution in [3.8, 4) is 17.4 Å². The van der Waals surface area contributed by atoms with Crippen LogP contribution < -0.4 is 9.47 Å². The van der Waals surface area contributed by atoms with E-state index >= 15 is 0 Å². The average molecular weight is 214 g/mol. The van der Waals surface area contributed by atoms with Gasteiger partial charge in [0, 0.05) is 17.8 Å². The second-order valence-electron chi connectivity index (χ2n) is 3.25. The van der Waals surface area contributed by atoms with Crippen LogP contribution in [0.25, 0.3) is 0 Å². The molecule has 2 rings (SSSR count). The lowest BCUT2D eigenvalue weighted by Gasteiger charge is -2.06. The highest BCUT2D eigenvalue weighted by atomic mass is 16.5. The zero-order chi connectivity index (χ0) is 11.4. The third-order valence-electron chi connectivity index (χ3n) is 2.04. The Morgan fingerprint density at radius 3 is 2.56 bits per heavy atom. The molecule has 16 heavy (non-hydrogen) atoms. The van der Waals surface area contributed by atoms with Gasteiger partial charge in [0.25, 0.3) is 0 Å². The molecule has 0 saturated carbocycles. The van der Waals surface area contributed by atoms with Gasteiger partial charge < -0.3 is 9.47 Å². The molecular weight excluding hydrogens is 202 g/mol. The molecule has 0 amide bonds. The first-order valence-corrected chi connectivity index (χ1v) is 4.89. The van der Waals surface area contributed by atoms with Crippen molar-refractivity contribution in [2.75, 3.05) is 7.11 Å². The summed E-state index contributed by atoms with van der Waals surface area (Å²) in [5.41, 5.74) is 0.681. The van der Waals surface area contributed by atoms with Gasteiger partial charge in [0.1, 0.15) is 11.5 Å². The summed E-state index contributed by atoms with van der Waals surface area (Å²) in [5.74, 6) is 1.97. The van der Waals surface area contributed by atoms with E-state index in [9.17, 15) is 0 Å². The number of hydrogen-bond acceptors (Lipinski definition) is 3. The topological polar surface area (TPSA) is 31.4 Å². The minimum absolute atomic E-state index is 0.528. The summed E-state index contributed by atoms with van der Waals surface area (Å²) in [6.07, 6.45) is 0. The summed E-state index contributed by atoms with van der Waals surface area (Å²) in [4.78, 5) is 4.15. The van der Waals surface area contributed by atoms with E-state index in [1.165, 1.54) is 0 Å². The van der Waals surface area contributed by atoms with E-state index < -0.39 is 0 Å². The Morgan fingerprint density at radius 2 is 1.81 bits per heavy atom. The summed E-state index contributed by atoms with van der Waals surface area (Å²) < 4.78 is 10.7. The number of methoxy groups -OCH3 is 1. The maximum atomic E-state index is 5.57. The standard InChI is InChI=1S/C13H12NO2/c1-10-5-3-8-13(14-10)16-12-7-4-6-11(9-12)15-2/h3-9H,1H2,2H3. The first kappa shape index (κ1) is 10.5. The summed E-state index contributed by atoms with van der Waals surface area (Å²) in [6.45, 7) is 3.74. The smallest absolute Gasteiger partial charge is 0.219 e. The minimum atomic E-state index is 0.528. The molecule has 0 spiro atoms. The van der Waals surface area contributed by atoms with Crippen LogP contribution in [0.3, 0.4) is 0 Å². The van der Waals surface area contributed by atoms with E-state index in [1.807, 2.05) is 30.3 Å². The van der Waals surface area contributed by atoms with Crippen molar-refractivity contribution in [1.82, 2.24) is 4.98 Å². The Hall–Kier alpha value is -2.03. The van der Waals surface area contributed by atoms with Crippen molar-refractivity contribution in [3.05, 3.63) is 55.1 Å². The minimum Gasteiger partial charge on any atom is -0.497 e. The van der Waals surface area contributed by atoms with Crippen LogP contribution in [-0.4, -0.2) is 12.1 Å². The number of aromatic nitrogens is 1. The molecule has 3 nitrogen and oxygen atoms in total. The molecule has 0 bridgehead atoms. The number of benzene rings is 1. The molecule has 0 fully saturated rings. The lowest BCUT2D eigenvalue weighted by Crippen LogP contribution is -1.90. The third-order valence-corrected chi connectivity index (χ3v) is 2.04. The van der Waals surface area contributed by atoms with Crippen LogP contribution >= 0.6 is 0 Å². The maximum absolute atomic E-state index is 5.57. The Kier molecular flexibility index (Phi) is 3.05. The Labute approximate surface area is 94.7 Å². The van der Waals surface area contributed by atoms with Gasteiger partial charge in [0.2, 0.25) is 5.88 Å². The quantitative estimate of drug-likeness (QED) is 0.786. The molecule has 0 atom stereocenters. The molecule has 0 saturated heterocycles. The van der Waals surface area contributed by atoms with Crippen molar-refractivity contribution < 1.29 is 9.47 Å². The Bertz CT molecular complexity index is 483. The molecular formula is C13H12NO2. The van der Waals surface area contributed by atoms with Gasteiger partial charge in [0.05, 0.1) is 7.11 Å². The van der Waals surface area contributed by atoms with Crippen LogP contribution in [0, 0.1) is 6.92 Å². The molecule has 1 aromatic heterocycles. The molecule has 0 aliphatic carbocycles. The van der Waals surface area contributed by atoms with E-state index in [1.54, 1.807) is 19.2 Å². The fraction of sp³-hybridized carbons (Fsp3) is 0.0769. The van der Waals surface area contributed by atoms with Gasteiger partial charge in [-0.3, -0.25) is 0 Å². The fourth-order valence-corrected chi connectivity index (χ4v) is 1.30. The predicted molar refractivity (Wildman–Crippen MR) is 61.8 cm³/mol. The van der Waals surface area contributed by atoms with Crippen LogP contribution in [0.4, 0.5) is 0 Å². The van der Waals surface area contributed by atoms with Gasteiger partial charge in [-0.25, -0.2) is 4.98 Å². The van der Waals surface area contributed by atoms with Crippen molar-refractivity contribution in [1.29, 1.82) is 0 Å². The second kappa shape index (κ2) is 4.66. The van der Waals surface area contributed by atoms with Crippen LogP contribution in [0.2, 0.25) is 0 Å². The van der Waals surface area contributed by atoms with Gasteiger partial charge in [-0.05, 0) is 25.1 Å². The zero-order valence-corrected chi connectivity index (χ0v) is 9.01. The lowest BCUT2D eigenvalue weighted by molar-refractivity contribution is 0.407. The summed E-state index contributed by atoms with van der Waals surface area (Å²) in [5, 5.41) is 0. The normalized spacial score (nSPS) is 9.88. The number of hydrogen-bond donors (Lipinski definition) is 0. The second-order valence-corrected chi connectivity index (χ2v) is 3.25. The van der Waals surface area contributed by atoms with E-state index in [4.69, 9.17) is 9.47 Å². The van der Waals surface area contributed by atoms with Crippen LogP contribution in [-0.2, 0) is 0 Å². The van der Waals surface area contributed by atoms with Crippen molar-refractivity contribution >= 4 is 0 Å². The van der Waals surface area contributed by atoms with Crippen molar-refractivity contribution in [3.63, 3.8) is 0 Å². The maximum Gasteiger partial charge on any atom is 0.219 e. The molecule has 0 N–H and O–H groups in total. The van der Waals surface area contributed by atoms with Crippen molar-refractivity contribution in [2.24, 2.45) is 0 Å². The van der Waals surface area contributed by atoms with Gasteiger partial charge in [0.15, 0.2) is 0 Å². The lowest BCUT2D eigenvalue weighted by atomic mass is 10.3. The molecule has 1 aromatic carbocycles. The zero-order valence-electron chi connectivity index (χ0n) is 9.01. The van der Waals surface area contributed by atoms with Gasteiger partial charge in [-0.15, -0.1) is 0 Å². The number of ether oxygens (including phenoxy) is 2. The first-order chi connectivity index (χ1) is 7.78. The predicted octanol–water partition coefficient (Wildman–Crippen LogP) is 3.06. The number of pyridine rings is 1. The highest BCUT2D eigenvalue weighted by Crippen LogP contribution is 2.23. The highest BCUT2D eigenvalue weighted by molar-refractivity contribution is 5.35. The van der Waals surface area contributed by atoms with E-state index in [2.05, 4.69) is 11.9 Å². The number of rotatable bonds is 3. The van der Waals surface area contributed by atoms with E-state index in [-0.39, 0.29) is 0 Å². The van der Waals surface area contributed by atoms with Gasteiger partial charge in [-0.2, -0.15) is 0 Å². The number of nitrogens with zero attached hydrogens (tertiary/aromatic N) is 1. The van der Waals surface area contributed by atoms with Crippen LogP contribution in [0.1, 0.15) is 5.69 Å². The summed E-state index contributed by atoms with van der Waals surface area (Å²) in [7, 11) is 1.62. The van der Waals surface area contributed by atoms with E-state index in [0.717, 1.165) is 5.75 Å². The van der Waals surface area contributed by atoms with Gasteiger partial charge in [-0.1, -0.05) is 12.1 Å². The fourth-order valence-electron chi connectivity index (χ4n) is 1.30. The SMILES string of the molecule is [CH2]c1cccc(Oc2cccc(OC)c2)n1. The van der Waals surface area contributed by atoms with Gasteiger partial charge >= 0.3 is 0 Å². The molecule has 0 aliphatic heterocycles. The van der Waals surface area contributed by atoms with Crippen LogP contribution in [0.15, 0.2) is 42.5 Å². The molecule has 81 valence electrons. The third kappa shape index (κ3) is 2.51. The van der Waals surface area contributed by atoms with Crippen LogP contribution in [0.5, 0.6) is 17.4 Å².